The van der Waals surface area contributed by atoms with E-state index in [1.807, 2.05) is 0 Å². The van der Waals surface area contributed by atoms with E-state index in [9.17, 15) is 4.91 Å². The van der Waals surface area contributed by atoms with Gasteiger partial charge in [-0.2, -0.15) is 0 Å². The molecule has 0 amide bonds. The fraction of sp³-hybridized carbons (Fsp3) is 1.00. The summed E-state index contributed by atoms with van der Waals surface area (Å²) in [4.78, 5) is 9.71. The van der Waals surface area contributed by atoms with Crippen LogP contribution >= 0.6 is 0 Å². The number of unbranched alkanes of at least 4 members (excludes halogenated alkanes) is 1. The van der Waals surface area contributed by atoms with Crippen molar-refractivity contribution in [3.8, 4) is 0 Å². The third-order valence-corrected chi connectivity index (χ3v) is 1.07. The first-order chi connectivity index (χ1) is 4.81. The van der Waals surface area contributed by atoms with Gasteiger partial charge in [0.15, 0.2) is 6.17 Å². The summed E-state index contributed by atoms with van der Waals surface area (Å²) in [7, 11) is 0. The van der Waals surface area contributed by atoms with Gasteiger partial charge in [0.2, 0.25) is 0 Å². The van der Waals surface area contributed by atoms with Gasteiger partial charge in [0, 0.05) is 6.61 Å². The van der Waals surface area contributed by atoms with Crippen LogP contribution in [0.2, 0.25) is 0 Å². The second-order valence-corrected chi connectivity index (χ2v) is 2.10. The van der Waals surface area contributed by atoms with E-state index in [0.717, 1.165) is 12.8 Å². The lowest BCUT2D eigenvalue weighted by Crippen LogP contribution is -2.23. The first-order valence-corrected chi connectivity index (χ1v) is 3.47. The summed E-state index contributed by atoms with van der Waals surface area (Å²) in [6.45, 7) is 2.98. The molecule has 0 spiro atoms. The fourth-order valence-corrected chi connectivity index (χ4v) is 0.481. The Morgan fingerprint density at radius 3 is 2.90 bits per heavy atom. The molecule has 1 atom stereocenters. The van der Waals surface area contributed by atoms with Crippen molar-refractivity contribution in [2.24, 2.45) is 10.9 Å². The van der Waals surface area contributed by atoms with E-state index in [0.29, 0.717) is 6.61 Å². The summed E-state index contributed by atoms with van der Waals surface area (Å²) in [6.07, 6.45) is 1.40. The van der Waals surface area contributed by atoms with Gasteiger partial charge in [0.05, 0.1) is 6.61 Å². The summed E-state index contributed by atoms with van der Waals surface area (Å²) in [5.74, 6) is 0. The van der Waals surface area contributed by atoms with E-state index in [-0.39, 0.29) is 6.61 Å². The highest BCUT2D eigenvalue weighted by Crippen LogP contribution is 1.89. The van der Waals surface area contributed by atoms with Gasteiger partial charge in [-0.3, -0.25) is 0 Å². The van der Waals surface area contributed by atoms with Crippen LogP contribution in [0, 0.1) is 4.91 Å². The lowest BCUT2D eigenvalue weighted by molar-refractivity contribution is 0.119. The molecule has 0 heterocycles. The van der Waals surface area contributed by atoms with Crippen LogP contribution in [0.25, 0.3) is 0 Å². The standard InChI is InChI=1S/C6H14N2O2/c1-2-3-4-10-5-6(7)8-9/h6H,2-5,7H2,1H3. The minimum Gasteiger partial charge on any atom is -0.378 e. The lowest BCUT2D eigenvalue weighted by Gasteiger charge is -2.02. The van der Waals surface area contributed by atoms with E-state index >= 15 is 0 Å². The maximum atomic E-state index is 9.71. The number of nitrogens with two attached hydrogens (primary N) is 1. The average molecular weight is 146 g/mol. The highest BCUT2D eigenvalue weighted by molar-refractivity contribution is 4.52. The van der Waals surface area contributed by atoms with E-state index in [2.05, 4.69) is 12.1 Å². The molecule has 0 saturated heterocycles. The normalized spacial score (nSPS) is 13.0. The molecule has 2 N–H and O–H groups in total. The largest absolute Gasteiger partial charge is 0.378 e. The Kier molecular flexibility index (Phi) is 6.32. The summed E-state index contributed by atoms with van der Waals surface area (Å²) in [5.41, 5.74) is 5.15. The molecule has 0 aromatic carbocycles. The second kappa shape index (κ2) is 6.64. The van der Waals surface area contributed by atoms with E-state index < -0.39 is 6.17 Å². The summed E-state index contributed by atoms with van der Waals surface area (Å²) < 4.78 is 5.01. The van der Waals surface area contributed by atoms with Crippen molar-refractivity contribution in [2.75, 3.05) is 13.2 Å². The Morgan fingerprint density at radius 2 is 2.40 bits per heavy atom. The van der Waals surface area contributed by atoms with Crippen molar-refractivity contribution in [2.45, 2.75) is 25.9 Å². The average Bonchev–Trinajstić information content (AvgIpc) is 1.98. The minimum absolute atomic E-state index is 0.240. The molecular formula is C6H14N2O2. The van der Waals surface area contributed by atoms with Gasteiger partial charge >= 0.3 is 0 Å². The molecule has 0 aliphatic rings. The van der Waals surface area contributed by atoms with Crippen LogP contribution in [0.15, 0.2) is 5.18 Å². The first-order valence-electron chi connectivity index (χ1n) is 3.47. The lowest BCUT2D eigenvalue weighted by atomic mass is 10.4. The molecular weight excluding hydrogens is 132 g/mol. The Hall–Kier alpha value is -0.480. The topological polar surface area (TPSA) is 64.7 Å². The number of ether oxygens (including phenoxy) is 1. The Morgan fingerprint density at radius 1 is 1.70 bits per heavy atom. The molecule has 0 rings (SSSR count). The molecule has 0 saturated carbocycles. The maximum absolute atomic E-state index is 9.71. The molecule has 4 nitrogen and oxygen atoms in total. The van der Waals surface area contributed by atoms with E-state index in [4.69, 9.17) is 10.5 Å². The number of hydrogen-bond acceptors (Lipinski definition) is 4. The highest BCUT2D eigenvalue weighted by atomic mass is 16.5. The first kappa shape index (κ1) is 9.52. The van der Waals surface area contributed by atoms with Crippen LogP contribution < -0.4 is 5.73 Å². The molecule has 0 bridgehead atoms. The maximum Gasteiger partial charge on any atom is 0.163 e. The fourth-order valence-electron chi connectivity index (χ4n) is 0.481. The Labute approximate surface area is 60.7 Å². The zero-order valence-electron chi connectivity index (χ0n) is 6.25. The van der Waals surface area contributed by atoms with Gasteiger partial charge in [-0.1, -0.05) is 13.3 Å². The Balaban J connectivity index is 2.95. The summed E-state index contributed by atoms with van der Waals surface area (Å²) in [6, 6.07) is 0. The van der Waals surface area contributed by atoms with Crippen LogP contribution in [0.4, 0.5) is 0 Å². The van der Waals surface area contributed by atoms with Crippen LogP contribution in [-0.2, 0) is 4.74 Å². The van der Waals surface area contributed by atoms with Crippen molar-refractivity contribution in [3.63, 3.8) is 0 Å². The number of hydrogen-bond donors (Lipinski definition) is 1. The molecule has 0 fully saturated rings. The predicted octanol–water partition coefficient (Wildman–Crippen LogP) is 0.854. The van der Waals surface area contributed by atoms with Crippen LogP contribution in [-0.4, -0.2) is 19.4 Å². The van der Waals surface area contributed by atoms with Crippen LogP contribution in [0.5, 0.6) is 0 Å². The molecule has 0 aromatic heterocycles. The molecule has 0 aromatic rings. The van der Waals surface area contributed by atoms with Crippen molar-refractivity contribution in [3.05, 3.63) is 4.91 Å². The number of rotatable bonds is 6. The minimum atomic E-state index is -0.697. The third kappa shape index (κ3) is 5.65. The molecule has 0 aliphatic heterocycles. The molecule has 0 aliphatic carbocycles. The van der Waals surface area contributed by atoms with Gasteiger partial charge in [0.25, 0.3) is 0 Å². The van der Waals surface area contributed by atoms with Crippen LogP contribution in [0.3, 0.4) is 0 Å². The number of nitroso groups, excluding NO2 is 1. The van der Waals surface area contributed by atoms with Crippen molar-refractivity contribution < 1.29 is 4.74 Å². The summed E-state index contributed by atoms with van der Waals surface area (Å²) in [5, 5.41) is 2.59. The molecule has 0 radical (unpaired) electrons. The zero-order chi connectivity index (χ0) is 7.82. The van der Waals surface area contributed by atoms with Crippen LogP contribution in [0.1, 0.15) is 19.8 Å². The second-order valence-electron chi connectivity index (χ2n) is 2.10. The van der Waals surface area contributed by atoms with Gasteiger partial charge in [0.1, 0.15) is 0 Å². The van der Waals surface area contributed by atoms with Crippen molar-refractivity contribution in [1.29, 1.82) is 0 Å². The van der Waals surface area contributed by atoms with Gasteiger partial charge in [-0.15, -0.1) is 4.91 Å². The Bertz CT molecular complexity index is 87.8. The van der Waals surface area contributed by atoms with Gasteiger partial charge in [-0.05, 0) is 11.6 Å². The molecule has 60 valence electrons. The molecule has 1 unspecified atom stereocenters. The third-order valence-electron chi connectivity index (χ3n) is 1.07. The summed E-state index contributed by atoms with van der Waals surface area (Å²) >= 11 is 0. The van der Waals surface area contributed by atoms with Crippen molar-refractivity contribution in [1.82, 2.24) is 0 Å². The SMILES string of the molecule is CCCCOCC(N)N=O. The molecule has 10 heavy (non-hydrogen) atoms. The quantitative estimate of drug-likeness (QED) is 0.446. The van der Waals surface area contributed by atoms with Gasteiger partial charge in [-0.25, -0.2) is 0 Å². The van der Waals surface area contributed by atoms with Gasteiger partial charge < -0.3 is 10.5 Å². The predicted molar refractivity (Wildman–Crippen MR) is 39.5 cm³/mol. The van der Waals surface area contributed by atoms with E-state index in [1.165, 1.54) is 0 Å². The number of nitrogens with zero attached hydrogens (tertiary/aromatic N) is 1. The van der Waals surface area contributed by atoms with E-state index in [1.54, 1.807) is 0 Å². The smallest absolute Gasteiger partial charge is 0.163 e. The molecule has 4 heteroatoms. The highest BCUT2D eigenvalue weighted by Gasteiger charge is 1.98. The zero-order valence-corrected chi connectivity index (χ0v) is 6.25. The van der Waals surface area contributed by atoms with Crippen molar-refractivity contribution >= 4 is 0 Å². The monoisotopic (exact) mass is 146 g/mol.